The predicted octanol–water partition coefficient (Wildman–Crippen LogP) is 2.36. The van der Waals surface area contributed by atoms with Crippen LogP contribution in [-0.2, 0) is 0 Å². The van der Waals surface area contributed by atoms with Crippen molar-refractivity contribution in [2.24, 2.45) is 0 Å². The Hall–Kier alpha value is -0.625. The lowest BCUT2D eigenvalue weighted by Gasteiger charge is -2.32. The van der Waals surface area contributed by atoms with Gasteiger partial charge in [0.15, 0.2) is 7.28 Å². The van der Waals surface area contributed by atoms with Crippen LogP contribution in [0, 0.1) is 0 Å². The number of allylic oxidation sites excluding steroid dienone is 2. The fraction of sp³-hybridized carbons (Fsp3) is 0.333. The summed E-state index contributed by atoms with van der Waals surface area (Å²) in [5.41, 5.74) is 1.55. The van der Waals surface area contributed by atoms with Crippen LogP contribution in [0.5, 0.6) is 0 Å². The summed E-state index contributed by atoms with van der Waals surface area (Å²) in [5.74, 6) is 0.795. The molecule has 0 bridgehead atoms. The van der Waals surface area contributed by atoms with Crippen LogP contribution in [0.15, 0.2) is 41.3 Å². The molecule has 0 radical (unpaired) electrons. The Bertz CT molecular complexity index is 372. The SMILES string of the molecule is B1c2ccccc2SC2CCC=CC12. The zero-order valence-electron chi connectivity index (χ0n) is 8.15. The highest BCUT2D eigenvalue weighted by Gasteiger charge is 2.29. The molecule has 14 heavy (non-hydrogen) atoms. The van der Waals surface area contributed by atoms with E-state index in [0.29, 0.717) is 0 Å². The van der Waals surface area contributed by atoms with Gasteiger partial charge in [-0.05, 0) is 24.7 Å². The van der Waals surface area contributed by atoms with Gasteiger partial charge in [-0.15, -0.1) is 11.8 Å². The number of thioether (sulfide) groups is 1. The van der Waals surface area contributed by atoms with Gasteiger partial charge in [-0.2, -0.15) is 0 Å². The van der Waals surface area contributed by atoms with Crippen molar-refractivity contribution in [3.63, 3.8) is 0 Å². The molecule has 0 nitrogen and oxygen atoms in total. The fourth-order valence-electron chi connectivity index (χ4n) is 2.42. The lowest BCUT2D eigenvalue weighted by atomic mass is 9.56. The minimum Gasteiger partial charge on any atom is -0.123 e. The van der Waals surface area contributed by atoms with Crippen molar-refractivity contribution in [1.29, 1.82) is 0 Å². The molecule has 1 aliphatic carbocycles. The van der Waals surface area contributed by atoms with Crippen molar-refractivity contribution < 1.29 is 0 Å². The van der Waals surface area contributed by atoms with E-state index in [1.165, 1.54) is 25.0 Å². The highest BCUT2D eigenvalue weighted by molar-refractivity contribution is 8.00. The minimum atomic E-state index is 0.795. The lowest BCUT2D eigenvalue weighted by molar-refractivity contribution is 0.741. The smallest absolute Gasteiger partial charge is 0.123 e. The number of hydrogen-bond donors (Lipinski definition) is 0. The summed E-state index contributed by atoms with van der Waals surface area (Å²) in [6, 6.07) is 8.87. The second kappa shape index (κ2) is 3.50. The second-order valence-electron chi connectivity index (χ2n) is 4.14. The van der Waals surface area contributed by atoms with Gasteiger partial charge in [-0.1, -0.05) is 35.8 Å². The molecule has 0 saturated carbocycles. The molecule has 0 spiro atoms. The molecule has 1 aliphatic heterocycles. The highest BCUT2D eigenvalue weighted by atomic mass is 32.2. The predicted molar refractivity (Wildman–Crippen MR) is 65.0 cm³/mol. The normalized spacial score (nSPS) is 28.9. The molecule has 2 unspecified atom stereocenters. The average molecular weight is 200 g/mol. The van der Waals surface area contributed by atoms with Crippen LogP contribution in [0.2, 0.25) is 5.82 Å². The van der Waals surface area contributed by atoms with Gasteiger partial charge in [-0.25, -0.2) is 0 Å². The van der Waals surface area contributed by atoms with Crippen molar-refractivity contribution >= 4 is 24.5 Å². The van der Waals surface area contributed by atoms with E-state index in [0.717, 1.165) is 11.1 Å². The Morgan fingerprint density at radius 2 is 2.21 bits per heavy atom. The highest BCUT2D eigenvalue weighted by Crippen LogP contribution is 2.39. The first-order chi connectivity index (χ1) is 6.93. The standard InChI is InChI=1S/C12H13BS/c1-3-7-11-9(5-1)13-10-6-2-4-8-12(10)14-11/h1-3,5-7,10,12-13H,4,8H2. The third kappa shape index (κ3) is 1.42. The topological polar surface area (TPSA) is 0 Å². The zero-order valence-corrected chi connectivity index (χ0v) is 8.96. The summed E-state index contributed by atoms with van der Waals surface area (Å²) >= 11 is 2.09. The zero-order chi connectivity index (χ0) is 9.38. The molecular weight excluding hydrogens is 187 g/mol. The van der Waals surface area contributed by atoms with E-state index in [2.05, 4.69) is 48.2 Å². The van der Waals surface area contributed by atoms with Crippen LogP contribution >= 0.6 is 11.8 Å². The molecular formula is C12H13BS. The summed E-state index contributed by atoms with van der Waals surface area (Å²) < 4.78 is 0. The average Bonchev–Trinajstić information content (AvgIpc) is 2.26. The summed E-state index contributed by atoms with van der Waals surface area (Å²) in [6.45, 7) is 0. The molecule has 2 aliphatic rings. The van der Waals surface area contributed by atoms with Crippen molar-refractivity contribution in [1.82, 2.24) is 0 Å². The van der Waals surface area contributed by atoms with Gasteiger partial charge >= 0.3 is 0 Å². The molecule has 1 aromatic rings. The van der Waals surface area contributed by atoms with E-state index < -0.39 is 0 Å². The van der Waals surface area contributed by atoms with Gasteiger partial charge in [-0.3, -0.25) is 0 Å². The van der Waals surface area contributed by atoms with Crippen molar-refractivity contribution in [3.05, 3.63) is 36.4 Å². The molecule has 0 saturated heterocycles. The second-order valence-corrected chi connectivity index (χ2v) is 5.42. The van der Waals surface area contributed by atoms with E-state index >= 15 is 0 Å². The quantitative estimate of drug-likeness (QED) is 0.457. The number of benzene rings is 1. The van der Waals surface area contributed by atoms with Gasteiger partial charge in [0.05, 0.1) is 0 Å². The van der Waals surface area contributed by atoms with Gasteiger partial charge in [0.2, 0.25) is 0 Å². The van der Waals surface area contributed by atoms with E-state index in [-0.39, 0.29) is 0 Å². The maximum absolute atomic E-state index is 2.43. The molecule has 70 valence electrons. The summed E-state index contributed by atoms with van der Waals surface area (Å²) in [6.07, 6.45) is 7.42. The summed E-state index contributed by atoms with van der Waals surface area (Å²) in [4.78, 5) is 1.52. The van der Waals surface area contributed by atoms with E-state index in [1.807, 2.05) is 0 Å². The van der Waals surface area contributed by atoms with Crippen LogP contribution < -0.4 is 5.46 Å². The molecule has 0 amide bonds. The number of hydrogen-bond acceptors (Lipinski definition) is 1. The molecule has 2 atom stereocenters. The Kier molecular flexibility index (Phi) is 2.17. The van der Waals surface area contributed by atoms with Gasteiger partial charge in [0.25, 0.3) is 0 Å². The molecule has 2 heteroatoms. The lowest BCUT2D eigenvalue weighted by Crippen LogP contribution is -2.33. The Morgan fingerprint density at radius 3 is 3.21 bits per heavy atom. The van der Waals surface area contributed by atoms with E-state index in [1.54, 1.807) is 5.46 Å². The molecule has 1 heterocycles. The first-order valence-corrected chi connectivity index (χ1v) is 6.23. The van der Waals surface area contributed by atoms with Crippen LogP contribution in [0.1, 0.15) is 12.8 Å². The van der Waals surface area contributed by atoms with Crippen molar-refractivity contribution in [3.8, 4) is 0 Å². The molecule has 0 N–H and O–H groups in total. The first-order valence-electron chi connectivity index (χ1n) is 5.35. The first kappa shape index (κ1) is 8.66. The van der Waals surface area contributed by atoms with Crippen molar-refractivity contribution in [2.75, 3.05) is 0 Å². The third-order valence-electron chi connectivity index (χ3n) is 3.19. The Balaban J connectivity index is 1.96. The molecule has 0 aromatic heterocycles. The maximum Gasteiger partial charge on any atom is 0.167 e. The summed E-state index contributed by atoms with van der Waals surface area (Å²) in [7, 11) is 1.25. The summed E-state index contributed by atoms with van der Waals surface area (Å²) in [5, 5.41) is 0.842. The minimum absolute atomic E-state index is 0.795. The van der Waals surface area contributed by atoms with Crippen LogP contribution in [0.3, 0.4) is 0 Å². The maximum atomic E-state index is 2.43. The van der Waals surface area contributed by atoms with Crippen LogP contribution in [0.4, 0.5) is 0 Å². The van der Waals surface area contributed by atoms with E-state index in [4.69, 9.17) is 0 Å². The molecule has 3 rings (SSSR count). The van der Waals surface area contributed by atoms with E-state index in [9.17, 15) is 0 Å². The van der Waals surface area contributed by atoms with Crippen molar-refractivity contribution in [2.45, 2.75) is 28.8 Å². The molecule has 1 aromatic carbocycles. The number of fused-ring (bicyclic) bond motifs is 2. The van der Waals surface area contributed by atoms with Gasteiger partial charge in [0.1, 0.15) is 0 Å². The number of rotatable bonds is 0. The largest absolute Gasteiger partial charge is 0.167 e. The fourth-order valence-corrected chi connectivity index (χ4v) is 3.82. The molecule has 0 fully saturated rings. The van der Waals surface area contributed by atoms with Gasteiger partial charge < -0.3 is 0 Å². The Labute approximate surface area is 90.0 Å². The third-order valence-corrected chi connectivity index (χ3v) is 4.73. The van der Waals surface area contributed by atoms with Crippen LogP contribution in [-0.4, -0.2) is 12.5 Å². The van der Waals surface area contributed by atoms with Crippen LogP contribution in [0.25, 0.3) is 0 Å². The Morgan fingerprint density at radius 1 is 1.29 bits per heavy atom. The van der Waals surface area contributed by atoms with Gasteiger partial charge in [0, 0.05) is 10.1 Å². The monoisotopic (exact) mass is 200 g/mol.